The molecule has 0 radical (unpaired) electrons. The molecule has 0 spiro atoms. The lowest BCUT2D eigenvalue weighted by Gasteiger charge is -2.13. The summed E-state index contributed by atoms with van der Waals surface area (Å²) in [6.07, 6.45) is 2.13. The van der Waals surface area contributed by atoms with Gasteiger partial charge in [0.05, 0.1) is 0 Å². The van der Waals surface area contributed by atoms with Gasteiger partial charge in [-0.05, 0) is 52.8 Å². The summed E-state index contributed by atoms with van der Waals surface area (Å²) in [5, 5.41) is 1.74. The van der Waals surface area contributed by atoms with Crippen molar-refractivity contribution in [3.63, 3.8) is 0 Å². The van der Waals surface area contributed by atoms with Crippen molar-refractivity contribution < 1.29 is 0 Å². The topological polar surface area (TPSA) is 0 Å². The first-order chi connectivity index (χ1) is 10.3. The van der Waals surface area contributed by atoms with Crippen LogP contribution in [0.25, 0.3) is 11.1 Å². The van der Waals surface area contributed by atoms with Crippen molar-refractivity contribution in [2.75, 3.05) is 16.9 Å². The quantitative estimate of drug-likeness (QED) is 0.390. The third kappa shape index (κ3) is 3.00. The molecule has 1 aliphatic rings. The summed E-state index contributed by atoms with van der Waals surface area (Å²) in [6, 6.07) is 15.5. The zero-order valence-electron chi connectivity index (χ0n) is 11.5. The molecule has 0 amide bonds. The maximum atomic E-state index is 3.70. The predicted octanol–water partition coefficient (Wildman–Crippen LogP) is 6.57. The van der Waals surface area contributed by atoms with Crippen LogP contribution in [-0.2, 0) is 0 Å². The Morgan fingerprint density at radius 3 is 2.29 bits per heavy atom. The van der Waals surface area contributed by atoms with Crippen molar-refractivity contribution in [3.05, 3.63) is 53.6 Å². The molecule has 0 unspecified atom stereocenters. The highest BCUT2D eigenvalue weighted by molar-refractivity contribution is 9.09. The van der Waals surface area contributed by atoms with E-state index >= 15 is 0 Å². The number of hydrogen-bond donors (Lipinski definition) is 0. The van der Waals surface area contributed by atoms with Gasteiger partial charge in [-0.3, -0.25) is 0 Å². The maximum Gasteiger partial charge on any atom is 0.0292 e. The van der Waals surface area contributed by atoms with E-state index in [0.29, 0.717) is 0 Å². The number of allylic oxidation sites excluding steroid dienone is 2. The Bertz CT molecular complexity index is 708. The average molecular weight is 442 g/mol. The Hall–Kier alpha value is -0.160. The van der Waals surface area contributed by atoms with Crippen molar-refractivity contribution in [1.29, 1.82) is 0 Å². The molecule has 0 aromatic heterocycles. The van der Waals surface area contributed by atoms with E-state index in [2.05, 4.69) is 80.6 Å². The zero-order valence-corrected chi connectivity index (χ0v) is 16.3. The van der Waals surface area contributed by atoms with Crippen LogP contribution in [-0.4, -0.2) is 16.9 Å². The second-order valence-corrected chi connectivity index (χ2v) is 7.77. The summed E-state index contributed by atoms with van der Waals surface area (Å²) in [5.74, 6) is 0. The number of hydrogen-bond acceptors (Lipinski definition) is 2. The second kappa shape index (κ2) is 6.95. The van der Waals surface area contributed by atoms with Gasteiger partial charge in [-0.2, -0.15) is 0 Å². The Morgan fingerprint density at radius 2 is 1.57 bits per heavy atom. The standard InChI is InChI=1S/C17H14Br2S2/c1-20-11-6-7-17-13(8-11)15(10-19)14(9-18)12-4-2-3-5-16(12)21-17/h2-8H,9-10H2,1H3. The molecule has 2 aromatic carbocycles. The van der Waals surface area contributed by atoms with Gasteiger partial charge >= 0.3 is 0 Å². The van der Waals surface area contributed by atoms with Crippen LogP contribution in [0.1, 0.15) is 11.1 Å². The Morgan fingerprint density at radius 1 is 0.905 bits per heavy atom. The molecule has 1 heterocycles. The van der Waals surface area contributed by atoms with Crippen LogP contribution >= 0.6 is 55.4 Å². The molecule has 21 heavy (non-hydrogen) atoms. The van der Waals surface area contributed by atoms with Gasteiger partial charge in [-0.15, -0.1) is 11.8 Å². The highest BCUT2D eigenvalue weighted by Crippen LogP contribution is 2.45. The van der Waals surface area contributed by atoms with Crippen LogP contribution in [0.5, 0.6) is 0 Å². The van der Waals surface area contributed by atoms with Gasteiger partial charge < -0.3 is 0 Å². The normalized spacial score (nSPS) is 13.7. The minimum absolute atomic E-state index is 0.869. The van der Waals surface area contributed by atoms with Gasteiger partial charge in [0.1, 0.15) is 0 Å². The van der Waals surface area contributed by atoms with E-state index in [0.717, 1.165) is 10.7 Å². The highest BCUT2D eigenvalue weighted by atomic mass is 79.9. The van der Waals surface area contributed by atoms with Gasteiger partial charge in [0.25, 0.3) is 0 Å². The molecule has 4 heteroatoms. The fourth-order valence-corrected chi connectivity index (χ4v) is 5.35. The molecular weight excluding hydrogens is 428 g/mol. The number of halogens is 2. The fourth-order valence-electron chi connectivity index (χ4n) is 2.51. The number of thioether (sulfide) groups is 1. The van der Waals surface area contributed by atoms with Gasteiger partial charge in [0.15, 0.2) is 0 Å². The summed E-state index contributed by atoms with van der Waals surface area (Å²) < 4.78 is 0. The van der Waals surface area contributed by atoms with Crippen LogP contribution in [0.15, 0.2) is 57.2 Å². The lowest BCUT2D eigenvalue weighted by atomic mass is 9.97. The number of benzene rings is 2. The van der Waals surface area contributed by atoms with Gasteiger partial charge in [0, 0.05) is 25.3 Å². The van der Waals surface area contributed by atoms with E-state index in [1.54, 1.807) is 11.8 Å². The molecule has 0 saturated carbocycles. The molecule has 0 fully saturated rings. The lowest BCUT2D eigenvalue weighted by Crippen LogP contribution is -1.95. The Balaban J connectivity index is 2.31. The summed E-state index contributed by atoms with van der Waals surface area (Å²) >= 11 is 11.1. The largest absolute Gasteiger partial charge is 0.130 e. The van der Waals surface area contributed by atoms with E-state index in [9.17, 15) is 0 Å². The third-order valence-corrected chi connectivity index (χ3v) is 6.57. The van der Waals surface area contributed by atoms with E-state index in [1.807, 2.05) is 11.8 Å². The summed E-state index contributed by atoms with van der Waals surface area (Å²) in [7, 11) is 0. The number of alkyl halides is 2. The highest BCUT2D eigenvalue weighted by Gasteiger charge is 2.21. The molecular formula is C17H14Br2S2. The first-order valence-electron chi connectivity index (χ1n) is 6.58. The maximum absolute atomic E-state index is 3.70. The molecule has 0 saturated heterocycles. The molecule has 0 nitrogen and oxygen atoms in total. The van der Waals surface area contributed by atoms with Crippen molar-refractivity contribution in [3.8, 4) is 0 Å². The van der Waals surface area contributed by atoms with Crippen molar-refractivity contribution in [1.82, 2.24) is 0 Å². The van der Waals surface area contributed by atoms with Crippen LogP contribution in [0, 0.1) is 0 Å². The van der Waals surface area contributed by atoms with Gasteiger partial charge in [0.2, 0.25) is 0 Å². The molecule has 0 bridgehead atoms. The van der Waals surface area contributed by atoms with Crippen LogP contribution in [0.2, 0.25) is 0 Å². The van der Waals surface area contributed by atoms with E-state index < -0.39 is 0 Å². The minimum Gasteiger partial charge on any atom is -0.130 e. The molecule has 108 valence electrons. The summed E-state index contributed by atoms with van der Waals surface area (Å²) in [4.78, 5) is 3.99. The van der Waals surface area contributed by atoms with Crippen molar-refractivity contribution >= 4 is 66.5 Å². The molecule has 3 rings (SSSR count). The third-order valence-electron chi connectivity index (χ3n) is 3.58. The van der Waals surface area contributed by atoms with Crippen molar-refractivity contribution in [2.24, 2.45) is 0 Å². The zero-order chi connectivity index (χ0) is 14.8. The first-order valence-corrected chi connectivity index (χ1v) is 10.9. The monoisotopic (exact) mass is 440 g/mol. The number of rotatable bonds is 3. The summed E-state index contributed by atoms with van der Waals surface area (Å²) in [6.45, 7) is 0. The van der Waals surface area contributed by atoms with Gasteiger partial charge in [-0.1, -0.05) is 61.8 Å². The molecule has 2 aromatic rings. The lowest BCUT2D eigenvalue weighted by molar-refractivity contribution is 1.31. The molecule has 1 aliphatic heterocycles. The Kier molecular flexibility index (Phi) is 5.20. The second-order valence-electron chi connectivity index (χ2n) is 4.68. The smallest absolute Gasteiger partial charge is 0.0292 e. The predicted molar refractivity (Wildman–Crippen MR) is 103 cm³/mol. The first kappa shape index (κ1) is 15.7. The number of fused-ring (bicyclic) bond motifs is 2. The SMILES string of the molecule is CSc1ccc2c(c1)C(CBr)=C(CBr)c1ccccc1S2. The average Bonchev–Trinajstić information content (AvgIpc) is 2.67. The van der Waals surface area contributed by atoms with Crippen LogP contribution in [0.3, 0.4) is 0 Å². The van der Waals surface area contributed by atoms with Crippen LogP contribution < -0.4 is 0 Å². The van der Waals surface area contributed by atoms with E-state index in [1.165, 1.54) is 37.0 Å². The van der Waals surface area contributed by atoms with Crippen molar-refractivity contribution in [2.45, 2.75) is 14.7 Å². The molecule has 0 aliphatic carbocycles. The van der Waals surface area contributed by atoms with Gasteiger partial charge in [-0.25, -0.2) is 0 Å². The minimum atomic E-state index is 0.869. The Labute approximate surface area is 151 Å². The van der Waals surface area contributed by atoms with E-state index in [4.69, 9.17) is 0 Å². The molecule has 0 N–H and O–H groups in total. The molecule has 0 atom stereocenters. The summed E-state index contributed by atoms with van der Waals surface area (Å²) in [5.41, 5.74) is 5.47. The van der Waals surface area contributed by atoms with Crippen LogP contribution in [0.4, 0.5) is 0 Å². The fraction of sp³-hybridized carbons (Fsp3) is 0.176. The van der Waals surface area contributed by atoms with E-state index in [-0.39, 0.29) is 0 Å².